The van der Waals surface area contributed by atoms with Crippen LogP contribution in [0.2, 0.25) is 0 Å². The van der Waals surface area contributed by atoms with Gasteiger partial charge in [0.15, 0.2) is 5.65 Å². The minimum Gasteiger partial charge on any atom is -0.397 e. The van der Waals surface area contributed by atoms with E-state index in [-0.39, 0.29) is 41.1 Å². The lowest BCUT2D eigenvalue weighted by Gasteiger charge is -1.90. The number of H-pyrrole nitrogens is 2. The Morgan fingerprint density at radius 1 is 0.653 bits per heavy atom. The van der Waals surface area contributed by atoms with Crippen LogP contribution < -0.4 is 5.73 Å². The molecule has 19 nitrogen and oxygen atoms in total. The van der Waals surface area contributed by atoms with Crippen LogP contribution in [-0.4, -0.2) is 68.4 Å². The number of aromatic amines is 2. The Morgan fingerprint density at radius 3 is 1.76 bits per heavy atom. The fourth-order valence-electron chi connectivity index (χ4n) is 3.92. The Balaban J connectivity index is 0.000000320. The zero-order chi connectivity index (χ0) is 31.9. The second-order valence-corrected chi connectivity index (χ2v) is 9.82. The number of nitrogens with one attached hydrogen (secondary N) is 2. The smallest absolute Gasteiger partial charge is 0.298 e. The molecule has 0 aromatic carbocycles. The molecule has 0 radical (unpaired) electrons. The highest BCUT2D eigenvalue weighted by atomic mass is 31.0. The minimum atomic E-state index is -0.470. The third-order valence-electron chi connectivity index (χ3n) is 5.95. The van der Waals surface area contributed by atoms with Gasteiger partial charge in [-0.1, -0.05) is 29.7 Å². The van der Waals surface area contributed by atoms with Gasteiger partial charge in [-0.25, -0.2) is 39.9 Å². The number of nitrogens with two attached hydrogens (primary N) is 1. The number of hydrogen-bond acceptors (Lipinski definition) is 13. The van der Waals surface area contributed by atoms with E-state index in [2.05, 4.69) is 68.6 Å². The predicted octanol–water partition coefficient (Wildman–Crippen LogP) is 6.00. The number of aromatic nitrogens is 12. The SMILES string of the molecule is C.C.C.C.Nc1cn(P)c2ncncc12.O=[N+]([O-])c1c[nH]c2ncncc12.O=[N+]([O-])c1cn(P)c2ncncc12.c1ncc2cc[nH]c2n1. The molecule has 2 unspecified atom stereocenters. The van der Waals surface area contributed by atoms with E-state index in [0.29, 0.717) is 27.8 Å². The second kappa shape index (κ2) is 18.3. The van der Waals surface area contributed by atoms with Crippen LogP contribution in [0.4, 0.5) is 17.1 Å². The highest BCUT2D eigenvalue weighted by Crippen LogP contribution is 2.26. The summed E-state index contributed by atoms with van der Waals surface area (Å²) in [5, 5.41) is 23.8. The highest BCUT2D eigenvalue weighted by molar-refractivity contribution is 7.15. The molecule has 4 N–H and O–H groups in total. The van der Waals surface area contributed by atoms with Crippen LogP contribution in [0.1, 0.15) is 29.7 Å². The van der Waals surface area contributed by atoms with Crippen molar-refractivity contribution in [2.75, 3.05) is 5.73 Å². The van der Waals surface area contributed by atoms with Gasteiger partial charge >= 0.3 is 0 Å². The lowest BCUT2D eigenvalue weighted by molar-refractivity contribution is -0.383. The van der Waals surface area contributed by atoms with Gasteiger partial charge in [0, 0.05) is 42.6 Å². The average molecular weight is 710 g/mol. The molecular weight excluding hydrogens is 672 g/mol. The molecule has 258 valence electrons. The van der Waals surface area contributed by atoms with E-state index in [9.17, 15) is 20.2 Å². The Labute approximate surface area is 284 Å². The summed E-state index contributed by atoms with van der Waals surface area (Å²) in [4.78, 5) is 56.6. The first kappa shape index (κ1) is 41.0. The van der Waals surface area contributed by atoms with Crippen molar-refractivity contribution < 1.29 is 9.85 Å². The van der Waals surface area contributed by atoms with E-state index < -0.39 is 9.85 Å². The van der Waals surface area contributed by atoms with E-state index in [1.807, 2.05) is 12.3 Å². The van der Waals surface area contributed by atoms with E-state index in [4.69, 9.17) is 5.73 Å². The van der Waals surface area contributed by atoms with E-state index in [0.717, 1.165) is 22.1 Å². The van der Waals surface area contributed by atoms with Crippen LogP contribution in [0.25, 0.3) is 44.1 Å². The third-order valence-corrected chi connectivity index (χ3v) is 6.74. The number of fused-ring (bicyclic) bond motifs is 4. The molecule has 2 atom stereocenters. The summed E-state index contributed by atoms with van der Waals surface area (Å²) in [6, 6.07) is 1.94. The monoisotopic (exact) mass is 709 g/mol. The Morgan fingerprint density at radius 2 is 1.16 bits per heavy atom. The van der Waals surface area contributed by atoms with Crippen molar-refractivity contribution >= 4 is 80.0 Å². The molecule has 0 fully saturated rings. The quantitative estimate of drug-likeness (QED) is 0.106. The molecule has 0 saturated carbocycles. The molecule has 0 aliphatic heterocycles. The van der Waals surface area contributed by atoms with Crippen LogP contribution in [0, 0.1) is 20.2 Å². The number of hydrogen-bond donors (Lipinski definition) is 3. The number of nitrogen functional groups attached to an aromatic ring is 1. The summed E-state index contributed by atoms with van der Waals surface area (Å²) in [5.74, 6) is 0. The van der Waals surface area contributed by atoms with Crippen molar-refractivity contribution in [3.8, 4) is 0 Å². The van der Waals surface area contributed by atoms with Gasteiger partial charge in [0.2, 0.25) is 0 Å². The average Bonchev–Trinajstić information content (AvgIpc) is 3.84. The first-order valence-corrected chi connectivity index (χ1v) is 13.4. The van der Waals surface area contributed by atoms with Crippen LogP contribution in [-0.2, 0) is 0 Å². The molecule has 0 amide bonds. The highest BCUT2D eigenvalue weighted by Gasteiger charge is 2.16. The van der Waals surface area contributed by atoms with Crippen molar-refractivity contribution in [2.45, 2.75) is 29.7 Å². The lowest BCUT2D eigenvalue weighted by atomic mass is 10.4. The first-order valence-electron chi connectivity index (χ1n) is 12.4. The molecule has 8 heterocycles. The molecular formula is C28H37N15O4P2. The summed E-state index contributed by atoms with van der Waals surface area (Å²) in [6.07, 6.45) is 18.4. The van der Waals surface area contributed by atoms with Crippen LogP contribution in [0.15, 0.2) is 81.0 Å². The van der Waals surface area contributed by atoms with Crippen molar-refractivity contribution in [3.63, 3.8) is 0 Å². The topological polar surface area (TPSA) is 257 Å². The van der Waals surface area contributed by atoms with Gasteiger partial charge in [-0.3, -0.25) is 20.2 Å². The Hall–Kier alpha value is -6.06. The van der Waals surface area contributed by atoms with Gasteiger partial charge in [-0.2, -0.15) is 0 Å². The molecule has 8 aromatic heterocycles. The van der Waals surface area contributed by atoms with Gasteiger partial charge in [0.05, 0.1) is 33.3 Å². The normalized spacial score (nSPS) is 9.59. The lowest BCUT2D eigenvalue weighted by Crippen LogP contribution is -1.85. The van der Waals surface area contributed by atoms with Gasteiger partial charge < -0.3 is 24.4 Å². The fraction of sp³-hybridized carbons (Fsp3) is 0.143. The zero-order valence-corrected chi connectivity index (χ0v) is 25.0. The summed E-state index contributed by atoms with van der Waals surface area (Å²) in [5.41, 5.74) is 9.14. The van der Waals surface area contributed by atoms with Crippen LogP contribution in [0.5, 0.6) is 0 Å². The van der Waals surface area contributed by atoms with Crippen molar-refractivity contribution in [2.24, 2.45) is 0 Å². The largest absolute Gasteiger partial charge is 0.397 e. The molecule has 0 saturated heterocycles. The summed E-state index contributed by atoms with van der Waals surface area (Å²) in [6.45, 7) is 0. The van der Waals surface area contributed by atoms with Crippen molar-refractivity contribution in [3.05, 3.63) is 101 Å². The van der Waals surface area contributed by atoms with Gasteiger partial charge in [0.1, 0.15) is 53.0 Å². The predicted molar refractivity (Wildman–Crippen MR) is 198 cm³/mol. The minimum absolute atomic E-state index is 0. The standard InChI is InChI=1S/C6H5N4O2P.C6H4N4O2.C6H7N4P.C6H5N3.4CH4/c11-10(12)5-2-9(13)6-4(5)1-7-3-8-6;11-10(12)5-2-8-6-4(5)1-7-3-9-6;7-5-2-10(11)6-4(5)1-8-3-9-6;1-2-8-6-5(1)3-7-4-9-6;;;;/h1-3H,13H2;1-3H,(H,7,8,9);1-3H,7,11H2;1-4H,(H,7,8,9);4*1H4. The Kier molecular flexibility index (Phi) is 15.3. The van der Waals surface area contributed by atoms with Crippen LogP contribution in [0.3, 0.4) is 0 Å². The second-order valence-electron chi connectivity index (χ2n) is 8.71. The van der Waals surface area contributed by atoms with E-state index >= 15 is 0 Å². The maximum absolute atomic E-state index is 10.6. The maximum Gasteiger partial charge on any atom is 0.298 e. The molecule has 0 bridgehead atoms. The maximum atomic E-state index is 10.6. The molecule has 21 heteroatoms. The molecule has 0 aliphatic rings. The van der Waals surface area contributed by atoms with Gasteiger partial charge in [-0.15, -0.1) is 0 Å². The summed E-state index contributed by atoms with van der Waals surface area (Å²) >= 11 is 0. The fourth-order valence-corrected chi connectivity index (χ4v) is 4.63. The molecule has 8 rings (SSSR count). The first-order chi connectivity index (χ1) is 21.7. The van der Waals surface area contributed by atoms with Crippen molar-refractivity contribution in [1.82, 2.24) is 58.5 Å². The summed E-state index contributed by atoms with van der Waals surface area (Å²) in [7, 11) is 4.84. The number of anilines is 1. The van der Waals surface area contributed by atoms with Crippen molar-refractivity contribution in [1.29, 1.82) is 0 Å². The summed E-state index contributed by atoms with van der Waals surface area (Å²) < 4.78 is 3.32. The Bertz CT molecular complexity index is 2200. The van der Waals surface area contributed by atoms with E-state index in [1.54, 1.807) is 22.9 Å². The third kappa shape index (κ3) is 9.27. The van der Waals surface area contributed by atoms with E-state index in [1.165, 1.54) is 54.4 Å². The van der Waals surface area contributed by atoms with Gasteiger partial charge in [-0.05, 0) is 24.8 Å². The van der Waals surface area contributed by atoms with Crippen LogP contribution >= 0.6 is 18.8 Å². The number of rotatable bonds is 2. The number of nitro groups is 2. The molecule has 0 aliphatic carbocycles. The number of nitrogens with zero attached hydrogens (tertiary/aromatic N) is 12. The molecule has 0 spiro atoms. The van der Waals surface area contributed by atoms with Gasteiger partial charge in [0.25, 0.3) is 11.4 Å². The molecule has 8 aromatic rings. The zero-order valence-electron chi connectivity index (χ0n) is 22.7. The molecule has 49 heavy (non-hydrogen) atoms.